The molecule has 1 saturated heterocycles. The largest absolute Gasteiger partial charge is 0.466 e. The van der Waals surface area contributed by atoms with Gasteiger partial charge in [0, 0.05) is 12.5 Å². The van der Waals surface area contributed by atoms with Crippen LogP contribution >= 0.6 is 0 Å². The SMILES string of the molecule is Cc1cc(C(=O)N2CCC[C@@H]2c2noc(C3CC3)n2)c(C)o1. The van der Waals surface area contributed by atoms with Crippen LogP contribution in [0.4, 0.5) is 0 Å². The van der Waals surface area contributed by atoms with Crippen molar-refractivity contribution >= 4 is 5.91 Å². The van der Waals surface area contributed by atoms with Crippen LogP contribution in [0.15, 0.2) is 15.0 Å². The highest BCUT2D eigenvalue weighted by Gasteiger charge is 2.37. The molecule has 2 aliphatic rings. The number of carbonyl (C=O) groups is 1. The number of aryl methyl sites for hydroxylation is 2. The summed E-state index contributed by atoms with van der Waals surface area (Å²) in [7, 11) is 0. The number of hydrogen-bond acceptors (Lipinski definition) is 5. The van der Waals surface area contributed by atoms with Gasteiger partial charge in [-0.2, -0.15) is 4.98 Å². The molecular formula is C16H19N3O3. The van der Waals surface area contributed by atoms with E-state index in [-0.39, 0.29) is 11.9 Å². The van der Waals surface area contributed by atoms with Crippen LogP contribution in [-0.4, -0.2) is 27.5 Å². The molecule has 1 saturated carbocycles. The van der Waals surface area contributed by atoms with Crippen molar-refractivity contribution in [1.82, 2.24) is 15.0 Å². The zero-order valence-corrected chi connectivity index (χ0v) is 12.8. The van der Waals surface area contributed by atoms with E-state index >= 15 is 0 Å². The van der Waals surface area contributed by atoms with Crippen molar-refractivity contribution in [3.63, 3.8) is 0 Å². The number of nitrogens with zero attached hydrogens (tertiary/aromatic N) is 3. The van der Waals surface area contributed by atoms with E-state index in [2.05, 4.69) is 10.1 Å². The summed E-state index contributed by atoms with van der Waals surface area (Å²) in [5, 5.41) is 4.11. The molecule has 0 unspecified atom stereocenters. The number of carbonyl (C=O) groups excluding carboxylic acids is 1. The standard InChI is InChI=1S/C16H19N3O3/c1-9-8-12(10(2)21-9)16(20)19-7-3-4-13(19)14-17-15(22-18-14)11-5-6-11/h8,11,13H,3-7H2,1-2H3/t13-/m1/s1. The minimum atomic E-state index is -0.0849. The van der Waals surface area contributed by atoms with Crippen molar-refractivity contribution in [3.05, 3.63) is 34.9 Å². The van der Waals surface area contributed by atoms with E-state index < -0.39 is 0 Å². The lowest BCUT2D eigenvalue weighted by molar-refractivity contribution is 0.0726. The van der Waals surface area contributed by atoms with Crippen LogP contribution in [0, 0.1) is 13.8 Å². The fraction of sp³-hybridized carbons (Fsp3) is 0.562. The van der Waals surface area contributed by atoms with Crippen LogP contribution in [0.1, 0.15) is 71.2 Å². The first-order valence-corrected chi connectivity index (χ1v) is 7.85. The zero-order chi connectivity index (χ0) is 15.3. The van der Waals surface area contributed by atoms with E-state index in [1.807, 2.05) is 18.7 Å². The number of amides is 1. The highest BCUT2D eigenvalue weighted by Crippen LogP contribution is 2.40. The van der Waals surface area contributed by atoms with Gasteiger partial charge in [0.05, 0.1) is 11.6 Å². The molecule has 1 aliphatic carbocycles. The normalized spacial score (nSPS) is 21.5. The van der Waals surface area contributed by atoms with Crippen LogP contribution in [0.2, 0.25) is 0 Å². The first-order chi connectivity index (χ1) is 10.6. The molecule has 1 aliphatic heterocycles. The maximum atomic E-state index is 12.8. The topological polar surface area (TPSA) is 72.4 Å². The van der Waals surface area contributed by atoms with E-state index in [0.29, 0.717) is 23.1 Å². The highest BCUT2D eigenvalue weighted by molar-refractivity contribution is 5.95. The van der Waals surface area contributed by atoms with Gasteiger partial charge >= 0.3 is 0 Å². The van der Waals surface area contributed by atoms with Gasteiger partial charge in [0.1, 0.15) is 11.5 Å². The van der Waals surface area contributed by atoms with Gasteiger partial charge in [0.15, 0.2) is 5.82 Å². The van der Waals surface area contributed by atoms with Gasteiger partial charge in [-0.15, -0.1) is 0 Å². The Hall–Kier alpha value is -2.11. The van der Waals surface area contributed by atoms with Crippen molar-refractivity contribution in [2.24, 2.45) is 0 Å². The third-order valence-electron chi connectivity index (χ3n) is 4.47. The monoisotopic (exact) mass is 301 g/mol. The minimum absolute atomic E-state index is 0.00498. The van der Waals surface area contributed by atoms with Gasteiger partial charge in [-0.25, -0.2) is 0 Å². The summed E-state index contributed by atoms with van der Waals surface area (Å²) in [6, 6.07) is 1.72. The third-order valence-corrected chi connectivity index (χ3v) is 4.47. The molecule has 0 bridgehead atoms. The molecule has 1 atom stereocenters. The quantitative estimate of drug-likeness (QED) is 0.871. The van der Waals surface area contributed by atoms with E-state index in [4.69, 9.17) is 8.94 Å². The lowest BCUT2D eigenvalue weighted by atomic mass is 10.1. The molecule has 0 aromatic carbocycles. The maximum absolute atomic E-state index is 12.8. The molecule has 0 N–H and O–H groups in total. The molecule has 22 heavy (non-hydrogen) atoms. The van der Waals surface area contributed by atoms with Crippen LogP contribution in [0.25, 0.3) is 0 Å². The van der Waals surface area contributed by atoms with Crippen molar-refractivity contribution in [2.45, 2.75) is 51.5 Å². The minimum Gasteiger partial charge on any atom is -0.466 e. The Balaban J connectivity index is 1.59. The smallest absolute Gasteiger partial charge is 0.258 e. The van der Waals surface area contributed by atoms with E-state index in [0.717, 1.165) is 43.9 Å². The maximum Gasteiger partial charge on any atom is 0.258 e. The number of hydrogen-bond donors (Lipinski definition) is 0. The second-order valence-corrected chi connectivity index (χ2v) is 6.25. The predicted molar refractivity (Wildman–Crippen MR) is 77.5 cm³/mol. The Morgan fingerprint density at radius 2 is 2.14 bits per heavy atom. The average molecular weight is 301 g/mol. The van der Waals surface area contributed by atoms with Gasteiger partial charge in [-0.3, -0.25) is 4.79 Å². The Bertz CT molecular complexity index is 714. The van der Waals surface area contributed by atoms with Gasteiger partial charge in [-0.05, 0) is 45.6 Å². The van der Waals surface area contributed by atoms with Crippen molar-refractivity contribution in [1.29, 1.82) is 0 Å². The van der Waals surface area contributed by atoms with Gasteiger partial charge in [0.2, 0.25) is 5.89 Å². The second kappa shape index (κ2) is 4.97. The van der Waals surface area contributed by atoms with Crippen LogP contribution in [-0.2, 0) is 0 Å². The van der Waals surface area contributed by atoms with E-state index in [9.17, 15) is 4.79 Å². The summed E-state index contributed by atoms with van der Waals surface area (Å²) >= 11 is 0. The summed E-state index contributed by atoms with van der Waals surface area (Å²) < 4.78 is 10.8. The van der Waals surface area contributed by atoms with E-state index in [1.54, 1.807) is 6.07 Å². The summed E-state index contributed by atoms with van der Waals surface area (Å²) in [4.78, 5) is 19.2. The van der Waals surface area contributed by atoms with Gasteiger partial charge in [0.25, 0.3) is 5.91 Å². The first-order valence-electron chi connectivity index (χ1n) is 7.85. The molecule has 0 spiro atoms. The fourth-order valence-electron chi connectivity index (χ4n) is 3.15. The molecule has 6 nitrogen and oxygen atoms in total. The predicted octanol–water partition coefficient (Wildman–Crippen LogP) is 3.13. The number of aromatic nitrogens is 2. The van der Waals surface area contributed by atoms with Crippen molar-refractivity contribution < 1.29 is 13.7 Å². The molecule has 1 amide bonds. The average Bonchev–Trinajstić information content (AvgIpc) is 2.92. The second-order valence-electron chi connectivity index (χ2n) is 6.25. The molecular weight excluding hydrogens is 282 g/mol. The fourth-order valence-corrected chi connectivity index (χ4v) is 3.15. The molecule has 3 heterocycles. The Kier molecular flexibility index (Phi) is 3.06. The Morgan fingerprint density at radius 1 is 1.32 bits per heavy atom. The molecule has 116 valence electrons. The van der Waals surface area contributed by atoms with Crippen molar-refractivity contribution in [3.8, 4) is 0 Å². The number of rotatable bonds is 3. The molecule has 4 rings (SSSR count). The molecule has 2 aromatic rings. The summed E-state index contributed by atoms with van der Waals surface area (Å²) in [5.74, 6) is 3.22. The summed E-state index contributed by atoms with van der Waals surface area (Å²) in [6.45, 7) is 4.40. The molecule has 6 heteroatoms. The number of likely N-dealkylation sites (tertiary alicyclic amines) is 1. The van der Waals surface area contributed by atoms with Gasteiger partial charge in [-0.1, -0.05) is 5.16 Å². The van der Waals surface area contributed by atoms with Crippen LogP contribution in [0.5, 0.6) is 0 Å². The summed E-state index contributed by atoms with van der Waals surface area (Å²) in [6.07, 6.45) is 4.09. The summed E-state index contributed by atoms with van der Waals surface area (Å²) in [5.41, 5.74) is 0.635. The molecule has 0 radical (unpaired) electrons. The zero-order valence-electron chi connectivity index (χ0n) is 12.8. The van der Waals surface area contributed by atoms with Crippen LogP contribution < -0.4 is 0 Å². The first kappa shape index (κ1) is 13.5. The molecule has 2 fully saturated rings. The third kappa shape index (κ3) is 2.23. The van der Waals surface area contributed by atoms with Crippen LogP contribution in [0.3, 0.4) is 0 Å². The Labute approximate surface area is 128 Å². The molecule has 2 aromatic heterocycles. The van der Waals surface area contributed by atoms with Crippen molar-refractivity contribution in [2.75, 3.05) is 6.54 Å². The Morgan fingerprint density at radius 3 is 2.82 bits per heavy atom. The van der Waals surface area contributed by atoms with Gasteiger partial charge < -0.3 is 13.8 Å². The lowest BCUT2D eigenvalue weighted by Crippen LogP contribution is -2.31. The van der Waals surface area contributed by atoms with E-state index in [1.165, 1.54) is 0 Å². The lowest BCUT2D eigenvalue weighted by Gasteiger charge is -2.21. The number of furan rings is 1. The highest BCUT2D eigenvalue weighted by atomic mass is 16.5.